The van der Waals surface area contributed by atoms with Crippen LogP contribution in [0.15, 0.2) is 35.4 Å². The molecule has 1 aromatic carbocycles. The summed E-state index contributed by atoms with van der Waals surface area (Å²) in [6, 6.07) is 5.12. The topological polar surface area (TPSA) is 114 Å². The van der Waals surface area contributed by atoms with Gasteiger partial charge in [0.2, 0.25) is 10.0 Å². The molecule has 0 saturated heterocycles. The Morgan fingerprint density at radius 3 is 2.53 bits per heavy atom. The number of rotatable bonds is 7. The van der Waals surface area contributed by atoms with Crippen molar-refractivity contribution >= 4 is 62.4 Å². The number of pyridine rings is 1. The molecule has 8 nitrogen and oxygen atoms in total. The molecule has 1 aliphatic carbocycles. The average molecular weight is 493 g/mol. The maximum absolute atomic E-state index is 12.5. The lowest BCUT2D eigenvalue weighted by molar-refractivity contribution is -0.123. The molecule has 1 amide bonds. The normalized spacial score (nSPS) is 14.8. The summed E-state index contributed by atoms with van der Waals surface area (Å²) < 4.78 is 32.6. The van der Waals surface area contributed by atoms with E-state index in [1.54, 1.807) is 6.07 Å². The number of aromatic nitrogens is 1. The van der Waals surface area contributed by atoms with Crippen molar-refractivity contribution < 1.29 is 22.7 Å². The van der Waals surface area contributed by atoms with E-state index in [0.29, 0.717) is 0 Å². The minimum absolute atomic E-state index is 0.0723. The number of nitrogens with one attached hydrogen (secondary N) is 2. The van der Waals surface area contributed by atoms with E-state index in [-0.39, 0.29) is 37.4 Å². The second-order valence-electron chi connectivity index (χ2n) is 6.54. The van der Waals surface area contributed by atoms with Crippen LogP contribution in [0.5, 0.6) is 0 Å². The van der Waals surface area contributed by atoms with Crippen LogP contribution < -0.4 is 10.0 Å². The van der Waals surface area contributed by atoms with E-state index < -0.39 is 28.0 Å². The molecule has 2 N–H and O–H groups in total. The third-order valence-electron chi connectivity index (χ3n) is 4.10. The molecule has 1 atom stereocenters. The molecule has 0 aliphatic heterocycles. The lowest BCUT2D eigenvalue weighted by Gasteiger charge is -2.15. The molecule has 1 unspecified atom stereocenters. The summed E-state index contributed by atoms with van der Waals surface area (Å²) in [4.78, 5) is 28.4. The molecule has 1 saturated carbocycles. The number of nitrogens with zero attached hydrogens (tertiary/aromatic N) is 1. The number of hydrogen-bond donors (Lipinski definition) is 2. The smallest absolute Gasteiger partial charge is 0.340 e. The van der Waals surface area contributed by atoms with E-state index in [1.807, 2.05) is 0 Å². The van der Waals surface area contributed by atoms with E-state index in [4.69, 9.17) is 39.5 Å². The highest BCUT2D eigenvalue weighted by molar-refractivity contribution is 7.89. The summed E-state index contributed by atoms with van der Waals surface area (Å²) >= 11 is 18.0. The second-order valence-corrected chi connectivity index (χ2v) is 9.39. The maximum atomic E-state index is 12.5. The molecule has 1 fully saturated rings. The summed E-state index contributed by atoms with van der Waals surface area (Å²) in [6.45, 7) is 1.34. The zero-order valence-electron chi connectivity index (χ0n) is 15.5. The lowest BCUT2D eigenvalue weighted by atomic mass is 10.2. The molecule has 30 heavy (non-hydrogen) atoms. The van der Waals surface area contributed by atoms with E-state index in [1.165, 1.54) is 19.2 Å². The first kappa shape index (κ1) is 22.8. The molecule has 1 heterocycles. The number of anilines is 1. The summed E-state index contributed by atoms with van der Waals surface area (Å²) in [5.74, 6) is -1.65. The zero-order chi connectivity index (χ0) is 22.1. The fourth-order valence-corrected chi connectivity index (χ4v) is 4.69. The van der Waals surface area contributed by atoms with Gasteiger partial charge < -0.3 is 10.1 Å². The first-order valence-electron chi connectivity index (χ1n) is 8.72. The van der Waals surface area contributed by atoms with Gasteiger partial charge in [0.05, 0.1) is 21.3 Å². The van der Waals surface area contributed by atoms with E-state index in [2.05, 4.69) is 15.0 Å². The Morgan fingerprint density at radius 1 is 1.20 bits per heavy atom. The molecule has 1 aliphatic rings. The van der Waals surface area contributed by atoms with E-state index >= 15 is 0 Å². The molecule has 2 aromatic rings. The van der Waals surface area contributed by atoms with Gasteiger partial charge in [-0.2, -0.15) is 0 Å². The summed E-state index contributed by atoms with van der Waals surface area (Å²) in [6.07, 6.45) is 1.68. The Balaban J connectivity index is 1.76. The van der Waals surface area contributed by atoms with Crippen molar-refractivity contribution in [3.05, 3.63) is 51.2 Å². The predicted molar refractivity (Wildman–Crippen MR) is 113 cm³/mol. The van der Waals surface area contributed by atoms with Gasteiger partial charge in [-0.3, -0.25) is 4.79 Å². The van der Waals surface area contributed by atoms with Crippen LogP contribution in [0.1, 0.15) is 30.1 Å². The highest BCUT2D eigenvalue weighted by Gasteiger charge is 2.31. The van der Waals surface area contributed by atoms with Gasteiger partial charge in [-0.05, 0) is 44.0 Å². The summed E-state index contributed by atoms with van der Waals surface area (Å²) in [7, 11) is -3.94. The Kier molecular flexibility index (Phi) is 6.88. The van der Waals surface area contributed by atoms with Gasteiger partial charge in [-0.15, -0.1) is 0 Å². The Labute approximate surface area is 187 Å². The molecule has 1 aromatic heterocycles. The second kappa shape index (κ2) is 9.07. The molecule has 0 spiro atoms. The van der Waals surface area contributed by atoms with Crippen molar-refractivity contribution in [2.24, 2.45) is 0 Å². The van der Waals surface area contributed by atoms with Crippen molar-refractivity contribution in [2.75, 3.05) is 5.32 Å². The SMILES string of the molecule is CC(OC(=O)c1cc(S(=O)(=O)NC2CC2)c(Cl)cc1Cl)C(=O)Nc1cccnc1Cl. The zero-order valence-corrected chi connectivity index (χ0v) is 18.6. The van der Waals surface area contributed by atoms with Crippen LogP contribution >= 0.6 is 34.8 Å². The minimum atomic E-state index is -3.94. The number of carbonyl (C=O) groups is 2. The van der Waals surface area contributed by atoms with Crippen LogP contribution in [0, 0.1) is 0 Å². The molecule has 12 heteroatoms. The van der Waals surface area contributed by atoms with Gasteiger partial charge in [0.25, 0.3) is 5.91 Å². The van der Waals surface area contributed by atoms with Crippen molar-refractivity contribution in [3.63, 3.8) is 0 Å². The number of halogens is 3. The lowest BCUT2D eigenvalue weighted by Crippen LogP contribution is -2.30. The summed E-state index contributed by atoms with van der Waals surface area (Å²) in [5, 5.41) is 2.31. The number of ether oxygens (including phenoxy) is 1. The maximum Gasteiger partial charge on any atom is 0.340 e. The van der Waals surface area contributed by atoms with Crippen LogP contribution in [-0.2, 0) is 19.6 Å². The van der Waals surface area contributed by atoms with Gasteiger partial charge in [0.15, 0.2) is 11.3 Å². The van der Waals surface area contributed by atoms with Crippen LogP contribution in [0.2, 0.25) is 15.2 Å². The first-order chi connectivity index (χ1) is 14.1. The molecular weight excluding hydrogens is 477 g/mol. The number of sulfonamides is 1. The average Bonchev–Trinajstić information content (AvgIpc) is 3.46. The van der Waals surface area contributed by atoms with Gasteiger partial charge in [-0.1, -0.05) is 34.8 Å². The van der Waals surface area contributed by atoms with E-state index in [0.717, 1.165) is 25.0 Å². The standard InChI is InChI=1S/C18H16Cl3N3O5S/c1-9(17(25)23-14-3-2-6-22-16(14)21)29-18(26)11-7-15(13(20)8-12(11)19)30(27,28)24-10-4-5-10/h2-3,6-10,24H,4-5H2,1H3,(H,23,25). The third-order valence-corrected chi connectivity index (χ3v) is 6.70. The number of carbonyl (C=O) groups excluding carboxylic acids is 2. The number of benzene rings is 1. The highest BCUT2D eigenvalue weighted by atomic mass is 35.5. The molecule has 0 bridgehead atoms. The summed E-state index contributed by atoms with van der Waals surface area (Å²) in [5.41, 5.74) is 0.00687. The van der Waals surface area contributed by atoms with Crippen LogP contribution in [-0.4, -0.2) is 37.4 Å². The fraction of sp³-hybridized carbons (Fsp3) is 0.278. The monoisotopic (exact) mass is 491 g/mol. The predicted octanol–water partition coefficient (Wildman–Crippen LogP) is 3.67. The Hall–Kier alpha value is -1.91. The minimum Gasteiger partial charge on any atom is -0.449 e. The molecule has 3 rings (SSSR count). The van der Waals surface area contributed by atoms with Crippen molar-refractivity contribution in [1.29, 1.82) is 0 Å². The molecular formula is C18H16Cl3N3O5S. The van der Waals surface area contributed by atoms with Gasteiger partial charge >= 0.3 is 5.97 Å². The van der Waals surface area contributed by atoms with Gasteiger partial charge in [0.1, 0.15) is 4.90 Å². The fourth-order valence-electron chi connectivity index (χ4n) is 2.37. The highest BCUT2D eigenvalue weighted by Crippen LogP contribution is 2.31. The Bertz CT molecular complexity index is 1110. The van der Waals surface area contributed by atoms with Crippen LogP contribution in [0.3, 0.4) is 0 Å². The quantitative estimate of drug-likeness (QED) is 0.450. The van der Waals surface area contributed by atoms with Crippen molar-refractivity contribution in [2.45, 2.75) is 36.8 Å². The number of esters is 1. The number of hydrogen-bond acceptors (Lipinski definition) is 6. The van der Waals surface area contributed by atoms with Gasteiger partial charge in [-0.25, -0.2) is 22.9 Å². The molecule has 160 valence electrons. The van der Waals surface area contributed by atoms with Crippen LogP contribution in [0.4, 0.5) is 5.69 Å². The van der Waals surface area contributed by atoms with E-state index in [9.17, 15) is 18.0 Å². The first-order valence-corrected chi connectivity index (χ1v) is 11.3. The van der Waals surface area contributed by atoms with Crippen LogP contribution in [0.25, 0.3) is 0 Å². The molecule has 0 radical (unpaired) electrons. The number of amides is 1. The third kappa shape index (κ3) is 5.41. The van der Waals surface area contributed by atoms with Gasteiger partial charge in [0, 0.05) is 12.2 Å². The Morgan fingerprint density at radius 2 is 1.90 bits per heavy atom. The van der Waals surface area contributed by atoms with Crippen molar-refractivity contribution in [1.82, 2.24) is 9.71 Å². The van der Waals surface area contributed by atoms with Crippen molar-refractivity contribution in [3.8, 4) is 0 Å². The largest absolute Gasteiger partial charge is 0.449 e.